The maximum atomic E-state index is 3.70. The third kappa shape index (κ3) is 2.02. The van der Waals surface area contributed by atoms with Crippen molar-refractivity contribution in [3.8, 4) is 0 Å². The smallest absolute Gasteiger partial charge is 0.0103 e. The van der Waals surface area contributed by atoms with Crippen molar-refractivity contribution < 1.29 is 0 Å². The Morgan fingerprint density at radius 3 is 2.58 bits per heavy atom. The van der Waals surface area contributed by atoms with E-state index in [1.807, 2.05) is 0 Å². The molecular weight excluding hydrogens is 144 g/mol. The summed E-state index contributed by atoms with van der Waals surface area (Å²) in [6.45, 7) is 6.99. The van der Waals surface area contributed by atoms with Crippen LogP contribution >= 0.6 is 0 Å². The van der Waals surface area contributed by atoms with Gasteiger partial charge in [0.1, 0.15) is 0 Å². The lowest BCUT2D eigenvalue weighted by molar-refractivity contribution is 0.222. The van der Waals surface area contributed by atoms with Crippen molar-refractivity contribution in [2.45, 2.75) is 59.3 Å². The van der Waals surface area contributed by atoms with E-state index in [0.717, 1.165) is 5.92 Å². The molecule has 0 saturated heterocycles. The van der Waals surface area contributed by atoms with Gasteiger partial charge in [0, 0.05) is 0 Å². The normalized spacial score (nSPS) is 22.0. The molecule has 2 radical (unpaired) electrons. The van der Waals surface area contributed by atoms with E-state index in [2.05, 4.69) is 27.2 Å². The maximum absolute atomic E-state index is 3.70. The minimum absolute atomic E-state index is 0.496. The summed E-state index contributed by atoms with van der Waals surface area (Å²) >= 11 is 0. The number of hydrogen-bond donors (Lipinski definition) is 0. The van der Waals surface area contributed by atoms with Gasteiger partial charge in [-0.1, -0.05) is 40.0 Å². The molecule has 1 atom stereocenters. The van der Waals surface area contributed by atoms with Crippen LogP contribution in [-0.4, -0.2) is 0 Å². The van der Waals surface area contributed by atoms with Crippen LogP contribution < -0.4 is 0 Å². The Labute approximate surface area is 77.7 Å². The van der Waals surface area contributed by atoms with Gasteiger partial charge in [-0.05, 0) is 37.0 Å². The molecule has 1 aliphatic carbocycles. The van der Waals surface area contributed by atoms with Crippen LogP contribution in [0.25, 0.3) is 0 Å². The fourth-order valence-electron chi connectivity index (χ4n) is 2.32. The second kappa shape index (κ2) is 4.30. The molecule has 0 spiro atoms. The SMILES string of the molecule is CCCCC1(C(C)C)[C]CCC1. The molecule has 0 amide bonds. The minimum atomic E-state index is 0.496. The minimum Gasteiger partial charge on any atom is -0.0654 e. The lowest BCUT2D eigenvalue weighted by Crippen LogP contribution is -2.23. The molecular formula is C12H22. The van der Waals surface area contributed by atoms with Crippen LogP contribution in [0.2, 0.25) is 0 Å². The highest BCUT2D eigenvalue weighted by molar-refractivity contribution is 4.99. The van der Waals surface area contributed by atoms with Crippen LogP contribution in [0.15, 0.2) is 0 Å². The maximum Gasteiger partial charge on any atom is -0.0103 e. The summed E-state index contributed by atoms with van der Waals surface area (Å²) in [6, 6.07) is 0. The third-order valence-electron chi connectivity index (χ3n) is 3.36. The summed E-state index contributed by atoms with van der Waals surface area (Å²) in [5, 5.41) is 0. The predicted molar refractivity (Wildman–Crippen MR) is 53.9 cm³/mol. The molecule has 1 saturated carbocycles. The van der Waals surface area contributed by atoms with Crippen LogP contribution in [0.5, 0.6) is 0 Å². The van der Waals surface area contributed by atoms with Gasteiger partial charge in [0.2, 0.25) is 0 Å². The Kier molecular flexibility index (Phi) is 3.61. The molecule has 1 rings (SSSR count). The van der Waals surface area contributed by atoms with Crippen LogP contribution in [0, 0.1) is 17.8 Å². The summed E-state index contributed by atoms with van der Waals surface area (Å²) in [6.07, 6.45) is 11.8. The van der Waals surface area contributed by atoms with Crippen molar-refractivity contribution in [3.63, 3.8) is 0 Å². The third-order valence-corrected chi connectivity index (χ3v) is 3.36. The van der Waals surface area contributed by atoms with Crippen molar-refractivity contribution >= 4 is 0 Å². The van der Waals surface area contributed by atoms with E-state index in [1.54, 1.807) is 0 Å². The van der Waals surface area contributed by atoms with Gasteiger partial charge in [-0.25, -0.2) is 0 Å². The van der Waals surface area contributed by atoms with Gasteiger partial charge >= 0.3 is 0 Å². The van der Waals surface area contributed by atoms with Crippen LogP contribution in [0.4, 0.5) is 0 Å². The van der Waals surface area contributed by atoms with Gasteiger partial charge < -0.3 is 0 Å². The molecule has 12 heavy (non-hydrogen) atoms. The molecule has 0 aromatic rings. The first-order chi connectivity index (χ1) is 5.71. The van der Waals surface area contributed by atoms with Crippen LogP contribution in [-0.2, 0) is 0 Å². The summed E-state index contributed by atoms with van der Waals surface area (Å²) in [5.74, 6) is 0.798. The zero-order chi connectivity index (χ0) is 9.03. The molecule has 70 valence electrons. The van der Waals surface area contributed by atoms with Gasteiger partial charge in [0.25, 0.3) is 0 Å². The lowest BCUT2D eigenvalue weighted by Gasteiger charge is -2.32. The average molecular weight is 166 g/mol. The average Bonchev–Trinajstić information content (AvgIpc) is 2.50. The Morgan fingerprint density at radius 2 is 2.17 bits per heavy atom. The van der Waals surface area contributed by atoms with E-state index in [4.69, 9.17) is 0 Å². The molecule has 0 aromatic carbocycles. The largest absolute Gasteiger partial charge is 0.0654 e. The first kappa shape index (κ1) is 10.1. The molecule has 0 bridgehead atoms. The van der Waals surface area contributed by atoms with E-state index in [0.29, 0.717) is 5.41 Å². The summed E-state index contributed by atoms with van der Waals surface area (Å²) < 4.78 is 0. The fraction of sp³-hybridized carbons (Fsp3) is 0.917. The molecule has 0 heterocycles. The Hall–Kier alpha value is 0. The number of hydrogen-bond acceptors (Lipinski definition) is 0. The zero-order valence-corrected chi connectivity index (χ0v) is 8.82. The Morgan fingerprint density at radius 1 is 1.42 bits per heavy atom. The molecule has 1 fully saturated rings. The first-order valence-corrected chi connectivity index (χ1v) is 5.46. The topological polar surface area (TPSA) is 0 Å². The second-order valence-electron chi connectivity index (χ2n) is 4.44. The molecule has 0 aromatic heterocycles. The predicted octanol–water partition coefficient (Wildman–Crippen LogP) is 4.08. The van der Waals surface area contributed by atoms with E-state index in [9.17, 15) is 0 Å². The fourth-order valence-corrected chi connectivity index (χ4v) is 2.32. The van der Waals surface area contributed by atoms with Gasteiger partial charge in [-0.2, -0.15) is 0 Å². The van der Waals surface area contributed by atoms with Gasteiger partial charge in [-0.15, -0.1) is 0 Å². The van der Waals surface area contributed by atoms with Crippen molar-refractivity contribution in [1.82, 2.24) is 0 Å². The molecule has 0 heteroatoms. The molecule has 1 aliphatic rings. The molecule has 1 unspecified atom stereocenters. The van der Waals surface area contributed by atoms with Crippen LogP contribution in [0.1, 0.15) is 59.3 Å². The standard InChI is InChI=1S/C12H22/c1-4-5-8-12(11(2)3)9-6-7-10-12/h11H,4-9H2,1-3H3. The highest BCUT2D eigenvalue weighted by Crippen LogP contribution is 2.46. The van der Waals surface area contributed by atoms with E-state index in [1.165, 1.54) is 38.5 Å². The van der Waals surface area contributed by atoms with Crippen molar-refractivity contribution in [1.29, 1.82) is 0 Å². The van der Waals surface area contributed by atoms with Crippen molar-refractivity contribution in [2.24, 2.45) is 11.3 Å². The summed E-state index contributed by atoms with van der Waals surface area (Å²) in [4.78, 5) is 0. The zero-order valence-electron chi connectivity index (χ0n) is 8.82. The van der Waals surface area contributed by atoms with Crippen molar-refractivity contribution in [3.05, 3.63) is 6.42 Å². The monoisotopic (exact) mass is 166 g/mol. The number of rotatable bonds is 4. The first-order valence-electron chi connectivity index (χ1n) is 5.46. The quantitative estimate of drug-likeness (QED) is 0.590. The molecule has 0 N–H and O–H groups in total. The lowest BCUT2D eigenvalue weighted by atomic mass is 9.72. The number of unbranched alkanes of at least 4 members (excludes halogenated alkanes) is 1. The van der Waals surface area contributed by atoms with Gasteiger partial charge in [0.05, 0.1) is 0 Å². The summed E-state index contributed by atoms with van der Waals surface area (Å²) in [7, 11) is 0. The van der Waals surface area contributed by atoms with E-state index < -0.39 is 0 Å². The van der Waals surface area contributed by atoms with E-state index in [-0.39, 0.29) is 0 Å². The second-order valence-corrected chi connectivity index (χ2v) is 4.44. The Balaban J connectivity index is 2.47. The molecule has 0 aliphatic heterocycles. The van der Waals surface area contributed by atoms with Crippen molar-refractivity contribution in [2.75, 3.05) is 0 Å². The van der Waals surface area contributed by atoms with E-state index >= 15 is 0 Å². The highest BCUT2D eigenvalue weighted by Gasteiger charge is 2.36. The summed E-state index contributed by atoms with van der Waals surface area (Å²) in [5.41, 5.74) is 0.496. The van der Waals surface area contributed by atoms with Gasteiger partial charge in [-0.3, -0.25) is 0 Å². The molecule has 0 nitrogen and oxygen atoms in total. The van der Waals surface area contributed by atoms with Gasteiger partial charge in [0.15, 0.2) is 0 Å². The highest BCUT2D eigenvalue weighted by atomic mass is 14.4. The Bertz CT molecular complexity index is 118. The van der Waals surface area contributed by atoms with Crippen LogP contribution in [0.3, 0.4) is 0 Å².